The Kier molecular flexibility index (Phi) is 5.65. The molecule has 1 amide bonds. The van der Waals surface area contributed by atoms with E-state index < -0.39 is 0 Å². The summed E-state index contributed by atoms with van der Waals surface area (Å²) in [5.41, 5.74) is 0.574. The van der Waals surface area contributed by atoms with Gasteiger partial charge in [-0.1, -0.05) is 11.8 Å². The van der Waals surface area contributed by atoms with Gasteiger partial charge in [-0.05, 0) is 19.1 Å². The molecule has 0 atom stereocenters. The lowest BCUT2D eigenvalue weighted by molar-refractivity contribution is -0.113. The average molecular weight is 322 g/mol. The minimum absolute atomic E-state index is 0.151. The molecule has 118 valence electrons. The molecule has 1 N–H and O–H groups in total. The van der Waals surface area contributed by atoms with Crippen molar-refractivity contribution in [2.45, 2.75) is 18.6 Å². The molecular weight excluding hydrogens is 304 g/mol. The highest BCUT2D eigenvalue weighted by molar-refractivity contribution is 7.99. The quantitative estimate of drug-likeness (QED) is 0.786. The molecule has 7 nitrogen and oxygen atoms in total. The number of anilines is 1. The fraction of sp³-hybridized carbons (Fsp3) is 0.357. The van der Waals surface area contributed by atoms with Gasteiger partial charge >= 0.3 is 0 Å². The molecule has 0 aliphatic carbocycles. The number of hydrogen-bond donors (Lipinski definition) is 1. The second-order valence-corrected chi connectivity index (χ2v) is 5.25. The van der Waals surface area contributed by atoms with Crippen LogP contribution in [0.1, 0.15) is 6.92 Å². The number of thioether (sulfide) groups is 1. The van der Waals surface area contributed by atoms with Crippen LogP contribution in [-0.4, -0.2) is 40.6 Å². The number of amides is 1. The Hall–Kier alpha value is -2.22. The van der Waals surface area contributed by atoms with E-state index in [1.807, 2.05) is 11.5 Å². The Labute approximate surface area is 133 Å². The van der Waals surface area contributed by atoms with Crippen LogP contribution in [0.5, 0.6) is 11.5 Å². The molecule has 1 heterocycles. The van der Waals surface area contributed by atoms with Crippen molar-refractivity contribution >= 4 is 23.4 Å². The second kappa shape index (κ2) is 7.69. The van der Waals surface area contributed by atoms with Gasteiger partial charge in [0.2, 0.25) is 5.91 Å². The molecule has 0 aliphatic heterocycles. The third-order valence-electron chi connectivity index (χ3n) is 2.93. The maximum absolute atomic E-state index is 12.1. The summed E-state index contributed by atoms with van der Waals surface area (Å²) in [6.07, 6.45) is 1.64. The number of aryl methyl sites for hydroxylation is 1. The number of benzene rings is 1. The maximum atomic E-state index is 12.1. The molecule has 0 saturated heterocycles. The van der Waals surface area contributed by atoms with Crippen LogP contribution in [-0.2, 0) is 11.3 Å². The van der Waals surface area contributed by atoms with Crippen LogP contribution in [0.4, 0.5) is 5.69 Å². The van der Waals surface area contributed by atoms with E-state index in [-0.39, 0.29) is 11.7 Å². The fourth-order valence-corrected chi connectivity index (χ4v) is 2.58. The topological polar surface area (TPSA) is 78.3 Å². The highest BCUT2D eigenvalue weighted by atomic mass is 32.2. The molecule has 1 aromatic carbocycles. The van der Waals surface area contributed by atoms with Gasteiger partial charge in [-0.2, -0.15) is 0 Å². The highest BCUT2D eigenvalue weighted by Crippen LogP contribution is 2.29. The summed E-state index contributed by atoms with van der Waals surface area (Å²) in [5.74, 6) is 1.31. The van der Waals surface area contributed by atoms with E-state index in [4.69, 9.17) is 9.47 Å². The molecule has 0 fully saturated rings. The van der Waals surface area contributed by atoms with E-state index in [9.17, 15) is 4.79 Å². The van der Waals surface area contributed by atoms with Crippen molar-refractivity contribution in [3.63, 3.8) is 0 Å². The molecular formula is C14H18N4O3S. The van der Waals surface area contributed by atoms with Crippen molar-refractivity contribution in [1.29, 1.82) is 0 Å². The lowest BCUT2D eigenvalue weighted by Gasteiger charge is -2.11. The van der Waals surface area contributed by atoms with Crippen molar-refractivity contribution in [3.05, 3.63) is 24.5 Å². The van der Waals surface area contributed by atoms with Crippen molar-refractivity contribution in [2.75, 3.05) is 25.3 Å². The standard InChI is InChI=1S/C14H18N4O3S/c1-4-18-9-15-17-14(18)22-8-13(19)16-11-7-10(20-2)5-6-12(11)21-3/h5-7,9H,4,8H2,1-3H3,(H,16,19). The third kappa shape index (κ3) is 3.91. The van der Waals surface area contributed by atoms with Gasteiger partial charge in [-0.3, -0.25) is 4.79 Å². The fourth-order valence-electron chi connectivity index (χ4n) is 1.80. The first-order valence-corrected chi connectivity index (χ1v) is 7.69. The van der Waals surface area contributed by atoms with Crippen molar-refractivity contribution in [1.82, 2.24) is 14.8 Å². The van der Waals surface area contributed by atoms with Gasteiger partial charge in [-0.25, -0.2) is 0 Å². The summed E-state index contributed by atoms with van der Waals surface area (Å²) in [6.45, 7) is 2.76. The normalized spacial score (nSPS) is 10.3. The third-order valence-corrected chi connectivity index (χ3v) is 3.91. The largest absolute Gasteiger partial charge is 0.497 e. The van der Waals surface area contributed by atoms with Crippen LogP contribution >= 0.6 is 11.8 Å². The molecule has 22 heavy (non-hydrogen) atoms. The molecule has 2 aromatic rings. The average Bonchev–Trinajstić information content (AvgIpc) is 3.00. The summed E-state index contributed by atoms with van der Waals surface area (Å²) >= 11 is 1.33. The molecule has 0 unspecified atom stereocenters. The van der Waals surface area contributed by atoms with Crippen LogP contribution in [0, 0.1) is 0 Å². The van der Waals surface area contributed by atoms with Crippen LogP contribution in [0.25, 0.3) is 0 Å². The number of methoxy groups -OCH3 is 2. The van der Waals surface area contributed by atoms with Gasteiger partial charge in [0.05, 0.1) is 25.7 Å². The Morgan fingerprint density at radius 3 is 2.86 bits per heavy atom. The number of carbonyl (C=O) groups excluding carboxylic acids is 1. The summed E-state index contributed by atoms with van der Waals surface area (Å²) < 4.78 is 12.3. The van der Waals surface area contributed by atoms with Gasteiger partial charge in [0.1, 0.15) is 17.8 Å². The Bertz CT molecular complexity index is 645. The van der Waals surface area contributed by atoms with E-state index in [2.05, 4.69) is 15.5 Å². The van der Waals surface area contributed by atoms with E-state index in [0.29, 0.717) is 17.2 Å². The maximum Gasteiger partial charge on any atom is 0.234 e. The van der Waals surface area contributed by atoms with Crippen LogP contribution < -0.4 is 14.8 Å². The van der Waals surface area contributed by atoms with Crippen molar-refractivity contribution in [2.24, 2.45) is 0 Å². The number of aromatic nitrogens is 3. The van der Waals surface area contributed by atoms with Crippen LogP contribution in [0.3, 0.4) is 0 Å². The van der Waals surface area contributed by atoms with Gasteiger partial charge < -0.3 is 19.4 Å². The number of ether oxygens (including phenoxy) is 2. The van der Waals surface area contributed by atoms with Crippen molar-refractivity contribution < 1.29 is 14.3 Å². The lowest BCUT2D eigenvalue weighted by atomic mass is 10.2. The zero-order valence-corrected chi connectivity index (χ0v) is 13.5. The van der Waals surface area contributed by atoms with E-state index >= 15 is 0 Å². The summed E-state index contributed by atoms with van der Waals surface area (Å²) in [6, 6.07) is 5.23. The van der Waals surface area contributed by atoms with E-state index in [0.717, 1.165) is 11.7 Å². The second-order valence-electron chi connectivity index (χ2n) is 4.30. The number of rotatable bonds is 7. The first kappa shape index (κ1) is 16.2. The van der Waals surface area contributed by atoms with Gasteiger partial charge in [0.15, 0.2) is 5.16 Å². The number of carbonyl (C=O) groups is 1. The molecule has 8 heteroatoms. The first-order valence-electron chi connectivity index (χ1n) is 6.70. The number of nitrogens with one attached hydrogen (secondary N) is 1. The lowest BCUT2D eigenvalue weighted by Crippen LogP contribution is -2.15. The molecule has 1 aromatic heterocycles. The molecule has 0 radical (unpaired) electrons. The Balaban J connectivity index is 2.00. The zero-order valence-electron chi connectivity index (χ0n) is 12.7. The van der Waals surface area contributed by atoms with E-state index in [1.54, 1.807) is 38.7 Å². The monoisotopic (exact) mass is 322 g/mol. The van der Waals surface area contributed by atoms with E-state index in [1.165, 1.54) is 11.8 Å². The number of hydrogen-bond acceptors (Lipinski definition) is 6. The minimum Gasteiger partial charge on any atom is -0.497 e. The predicted molar refractivity (Wildman–Crippen MR) is 84.6 cm³/mol. The van der Waals surface area contributed by atoms with Gasteiger partial charge in [0.25, 0.3) is 0 Å². The Morgan fingerprint density at radius 1 is 1.36 bits per heavy atom. The molecule has 0 aliphatic rings. The minimum atomic E-state index is -0.151. The summed E-state index contributed by atoms with van der Waals surface area (Å²) in [7, 11) is 3.12. The summed E-state index contributed by atoms with van der Waals surface area (Å²) in [4.78, 5) is 12.1. The molecule has 0 bridgehead atoms. The molecule has 0 spiro atoms. The summed E-state index contributed by atoms with van der Waals surface area (Å²) in [5, 5.41) is 11.3. The van der Waals surface area contributed by atoms with Gasteiger partial charge in [0, 0.05) is 12.6 Å². The SMILES string of the molecule is CCn1cnnc1SCC(=O)Nc1cc(OC)ccc1OC. The van der Waals surface area contributed by atoms with Gasteiger partial charge in [-0.15, -0.1) is 10.2 Å². The molecule has 2 rings (SSSR count). The van der Waals surface area contributed by atoms with Crippen LogP contribution in [0.2, 0.25) is 0 Å². The smallest absolute Gasteiger partial charge is 0.234 e. The predicted octanol–water partition coefficient (Wildman–Crippen LogP) is 2.05. The number of nitrogens with zero attached hydrogens (tertiary/aromatic N) is 3. The zero-order chi connectivity index (χ0) is 15.9. The van der Waals surface area contributed by atoms with Crippen LogP contribution in [0.15, 0.2) is 29.7 Å². The first-order chi connectivity index (χ1) is 10.7. The van der Waals surface area contributed by atoms with Crippen molar-refractivity contribution in [3.8, 4) is 11.5 Å². The Morgan fingerprint density at radius 2 is 2.18 bits per heavy atom. The molecule has 0 saturated carbocycles. The highest BCUT2D eigenvalue weighted by Gasteiger charge is 2.11.